The number of nitrogens with zero attached hydrogens (tertiary/aromatic N) is 1. The SMILES string of the molecule is CC1CCC(NC(=O)c2cc3ccc(NC(=O)O)cc3n2Cc2ccc(C(=O)NC3CC3)cc2)CC1. The van der Waals surface area contributed by atoms with Gasteiger partial charge in [0, 0.05) is 35.3 Å². The number of carbonyl (C=O) groups is 3. The van der Waals surface area contributed by atoms with Crippen LogP contribution in [0.25, 0.3) is 10.9 Å². The van der Waals surface area contributed by atoms with Crippen LogP contribution in [0.1, 0.15) is 71.9 Å². The van der Waals surface area contributed by atoms with Gasteiger partial charge in [-0.05, 0) is 80.3 Å². The molecule has 0 spiro atoms. The number of amides is 3. The third kappa shape index (κ3) is 5.53. The van der Waals surface area contributed by atoms with E-state index in [0.717, 1.165) is 55.0 Å². The first kappa shape index (κ1) is 23.9. The summed E-state index contributed by atoms with van der Waals surface area (Å²) < 4.78 is 1.92. The molecule has 2 saturated carbocycles. The highest BCUT2D eigenvalue weighted by molar-refractivity contribution is 6.00. The van der Waals surface area contributed by atoms with E-state index in [9.17, 15) is 14.4 Å². The molecule has 0 bridgehead atoms. The van der Waals surface area contributed by atoms with Crippen LogP contribution in [0.15, 0.2) is 48.5 Å². The van der Waals surface area contributed by atoms with Crippen LogP contribution in [0, 0.1) is 5.92 Å². The number of rotatable bonds is 7. The van der Waals surface area contributed by atoms with Crippen molar-refractivity contribution >= 4 is 34.5 Å². The van der Waals surface area contributed by atoms with E-state index in [2.05, 4.69) is 22.9 Å². The van der Waals surface area contributed by atoms with Gasteiger partial charge in [-0.15, -0.1) is 0 Å². The molecule has 5 rings (SSSR count). The van der Waals surface area contributed by atoms with Gasteiger partial charge in [-0.1, -0.05) is 25.1 Å². The summed E-state index contributed by atoms with van der Waals surface area (Å²) >= 11 is 0. The molecule has 2 aliphatic carbocycles. The first-order chi connectivity index (χ1) is 17.4. The number of fused-ring (bicyclic) bond motifs is 1. The maximum atomic E-state index is 13.4. The Hall–Kier alpha value is -3.81. The number of hydrogen-bond donors (Lipinski definition) is 4. The molecule has 0 radical (unpaired) electrons. The topological polar surface area (TPSA) is 112 Å². The second-order valence-electron chi connectivity index (χ2n) is 10.2. The molecule has 2 fully saturated rings. The molecule has 1 heterocycles. The van der Waals surface area contributed by atoms with Gasteiger partial charge in [-0.25, -0.2) is 4.79 Å². The van der Waals surface area contributed by atoms with Gasteiger partial charge in [0.05, 0.1) is 5.52 Å². The summed E-state index contributed by atoms with van der Waals surface area (Å²) in [4.78, 5) is 36.9. The second-order valence-corrected chi connectivity index (χ2v) is 10.2. The Morgan fingerprint density at radius 1 is 0.861 bits per heavy atom. The average Bonchev–Trinajstić information content (AvgIpc) is 3.60. The van der Waals surface area contributed by atoms with E-state index in [1.54, 1.807) is 24.3 Å². The summed E-state index contributed by atoms with van der Waals surface area (Å²) in [6, 6.07) is 15.0. The summed E-state index contributed by atoms with van der Waals surface area (Å²) in [7, 11) is 0. The lowest BCUT2D eigenvalue weighted by atomic mass is 9.87. The van der Waals surface area contributed by atoms with E-state index in [0.29, 0.717) is 35.4 Å². The van der Waals surface area contributed by atoms with E-state index in [-0.39, 0.29) is 17.9 Å². The molecule has 3 amide bonds. The van der Waals surface area contributed by atoms with Crippen LogP contribution >= 0.6 is 0 Å². The fourth-order valence-corrected chi connectivity index (χ4v) is 4.92. The van der Waals surface area contributed by atoms with E-state index < -0.39 is 6.09 Å². The summed E-state index contributed by atoms with van der Waals surface area (Å²) in [6.45, 7) is 2.66. The third-order valence-electron chi connectivity index (χ3n) is 7.21. The number of hydrogen-bond acceptors (Lipinski definition) is 3. The predicted molar refractivity (Wildman–Crippen MR) is 139 cm³/mol. The van der Waals surface area contributed by atoms with Crippen LogP contribution in [0.2, 0.25) is 0 Å². The quantitative estimate of drug-likeness (QED) is 0.376. The molecular formula is C28H32N4O4. The minimum atomic E-state index is -1.14. The zero-order valence-electron chi connectivity index (χ0n) is 20.4. The molecule has 3 aromatic rings. The smallest absolute Gasteiger partial charge is 0.409 e. The van der Waals surface area contributed by atoms with Crippen molar-refractivity contribution in [1.82, 2.24) is 15.2 Å². The van der Waals surface area contributed by atoms with Gasteiger partial charge in [0.25, 0.3) is 11.8 Å². The molecule has 8 heteroatoms. The zero-order valence-corrected chi connectivity index (χ0v) is 20.4. The minimum Gasteiger partial charge on any atom is -0.465 e. The second kappa shape index (κ2) is 10.0. The van der Waals surface area contributed by atoms with Crippen LogP contribution in [-0.4, -0.2) is 39.7 Å². The number of anilines is 1. The maximum Gasteiger partial charge on any atom is 0.409 e. The number of benzene rings is 2. The van der Waals surface area contributed by atoms with Crippen molar-refractivity contribution in [3.63, 3.8) is 0 Å². The maximum absolute atomic E-state index is 13.4. The van der Waals surface area contributed by atoms with Crippen molar-refractivity contribution in [3.8, 4) is 0 Å². The lowest BCUT2D eigenvalue weighted by molar-refractivity contribution is 0.0912. The molecule has 188 valence electrons. The Balaban J connectivity index is 1.43. The first-order valence-corrected chi connectivity index (χ1v) is 12.7. The Kier molecular flexibility index (Phi) is 6.67. The average molecular weight is 489 g/mol. The van der Waals surface area contributed by atoms with Gasteiger partial charge in [0.2, 0.25) is 0 Å². The van der Waals surface area contributed by atoms with Gasteiger partial charge >= 0.3 is 6.09 Å². The summed E-state index contributed by atoms with van der Waals surface area (Å²) in [5, 5.41) is 18.6. The van der Waals surface area contributed by atoms with Gasteiger partial charge in [0.15, 0.2) is 0 Å². The van der Waals surface area contributed by atoms with E-state index in [1.807, 2.05) is 28.8 Å². The van der Waals surface area contributed by atoms with Crippen molar-refractivity contribution in [2.24, 2.45) is 5.92 Å². The summed E-state index contributed by atoms with van der Waals surface area (Å²) in [5.41, 5.74) is 3.29. The highest BCUT2D eigenvalue weighted by atomic mass is 16.4. The molecule has 2 aromatic carbocycles. The molecule has 1 aromatic heterocycles. The van der Waals surface area contributed by atoms with Gasteiger partial charge < -0.3 is 20.3 Å². The highest BCUT2D eigenvalue weighted by Gasteiger charge is 2.25. The number of nitrogens with one attached hydrogen (secondary N) is 3. The lowest BCUT2D eigenvalue weighted by Gasteiger charge is -2.27. The molecule has 8 nitrogen and oxygen atoms in total. The fourth-order valence-electron chi connectivity index (χ4n) is 4.92. The largest absolute Gasteiger partial charge is 0.465 e. The first-order valence-electron chi connectivity index (χ1n) is 12.7. The standard InChI is InChI=1S/C28H32N4O4/c1-17-2-9-21(10-3-17)30-27(34)25-14-20-8-11-23(31-28(35)36)15-24(20)32(25)16-18-4-6-19(7-5-18)26(33)29-22-12-13-22/h4-8,11,14-15,17,21-22,31H,2-3,9-10,12-13,16H2,1H3,(H,29,33)(H,30,34)(H,35,36). The van der Waals surface area contributed by atoms with Crippen molar-refractivity contribution < 1.29 is 19.5 Å². The molecule has 0 aliphatic heterocycles. The normalized spacial score (nSPS) is 19.6. The fraction of sp³-hybridized carbons (Fsp3) is 0.393. The van der Waals surface area contributed by atoms with Crippen LogP contribution in [0.3, 0.4) is 0 Å². The van der Waals surface area contributed by atoms with Gasteiger partial charge in [-0.3, -0.25) is 14.9 Å². The Bertz CT molecular complexity index is 1280. The highest BCUT2D eigenvalue weighted by Crippen LogP contribution is 2.27. The van der Waals surface area contributed by atoms with Crippen LogP contribution in [0.5, 0.6) is 0 Å². The number of aromatic nitrogens is 1. The van der Waals surface area contributed by atoms with Crippen molar-refractivity contribution in [2.75, 3.05) is 5.32 Å². The molecule has 0 saturated heterocycles. The van der Waals surface area contributed by atoms with Crippen molar-refractivity contribution in [2.45, 2.75) is 64.1 Å². The van der Waals surface area contributed by atoms with Gasteiger partial charge in [0.1, 0.15) is 5.69 Å². The van der Waals surface area contributed by atoms with Crippen LogP contribution < -0.4 is 16.0 Å². The van der Waals surface area contributed by atoms with Crippen molar-refractivity contribution in [1.29, 1.82) is 0 Å². The minimum absolute atomic E-state index is 0.0679. The summed E-state index contributed by atoms with van der Waals surface area (Å²) in [5.74, 6) is 0.500. The van der Waals surface area contributed by atoms with E-state index >= 15 is 0 Å². The number of carbonyl (C=O) groups excluding carboxylic acids is 2. The van der Waals surface area contributed by atoms with E-state index in [4.69, 9.17) is 5.11 Å². The molecule has 36 heavy (non-hydrogen) atoms. The predicted octanol–water partition coefficient (Wildman–Crippen LogP) is 4.98. The Morgan fingerprint density at radius 2 is 1.50 bits per heavy atom. The lowest BCUT2D eigenvalue weighted by Crippen LogP contribution is -2.38. The molecule has 2 aliphatic rings. The van der Waals surface area contributed by atoms with Crippen molar-refractivity contribution in [3.05, 3.63) is 65.4 Å². The Morgan fingerprint density at radius 3 is 2.14 bits per heavy atom. The third-order valence-corrected chi connectivity index (χ3v) is 7.21. The van der Waals surface area contributed by atoms with Crippen LogP contribution in [0.4, 0.5) is 10.5 Å². The molecular weight excluding hydrogens is 456 g/mol. The zero-order chi connectivity index (χ0) is 25.2. The molecule has 4 N–H and O–H groups in total. The summed E-state index contributed by atoms with van der Waals surface area (Å²) in [6.07, 6.45) is 5.10. The number of carboxylic acid groups (broad SMARTS) is 1. The Labute approximate surface area is 210 Å². The van der Waals surface area contributed by atoms with Crippen LogP contribution in [-0.2, 0) is 6.54 Å². The molecule has 0 atom stereocenters. The van der Waals surface area contributed by atoms with E-state index in [1.165, 1.54) is 0 Å². The monoisotopic (exact) mass is 488 g/mol. The molecule has 0 unspecified atom stereocenters. The van der Waals surface area contributed by atoms with Gasteiger partial charge in [-0.2, -0.15) is 0 Å².